The molecular weight excluding hydrogens is 413 g/mol. The summed E-state index contributed by atoms with van der Waals surface area (Å²) in [6.45, 7) is 8.62. The number of esters is 1. The summed E-state index contributed by atoms with van der Waals surface area (Å²) >= 11 is 0. The number of aliphatic imine (C=N–C) groups is 1. The number of ether oxygens (including phenoxy) is 2. The molecule has 0 aromatic heterocycles. The Labute approximate surface area is 177 Å². The maximum Gasteiger partial charge on any atom is 0.573 e. The number of amides is 1. The maximum atomic E-state index is 12.6. The van der Waals surface area contributed by atoms with E-state index in [0.717, 1.165) is 12.1 Å². The summed E-state index contributed by atoms with van der Waals surface area (Å²) in [5, 5.41) is 2.73. The van der Waals surface area contributed by atoms with Crippen LogP contribution in [0, 0.1) is 13.8 Å². The molecule has 2 aromatic rings. The first-order valence-electron chi connectivity index (χ1n) is 9.02. The Balaban J connectivity index is 2.19. The first-order chi connectivity index (χ1) is 14.4. The number of carbonyl (C=O) groups is 2. The molecule has 0 fully saturated rings. The van der Waals surface area contributed by atoms with E-state index in [1.54, 1.807) is 26.0 Å². The molecule has 0 aliphatic heterocycles. The van der Waals surface area contributed by atoms with Gasteiger partial charge in [-0.15, -0.1) is 13.2 Å². The average Bonchev–Trinajstić information content (AvgIpc) is 2.68. The van der Waals surface area contributed by atoms with Crippen LogP contribution in [0.25, 0.3) is 5.70 Å². The predicted octanol–water partition coefficient (Wildman–Crippen LogP) is 5.06. The van der Waals surface area contributed by atoms with Crippen LogP contribution in [0.2, 0.25) is 0 Å². The molecule has 0 heterocycles. The molecule has 1 N–H and O–H groups in total. The lowest BCUT2D eigenvalue weighted by molar-refractivity contribution is -0.274. The summed E-state index contributed by atoms with van der Waals surface area (Å²) in [5.74, 6) is -1.43. The maximum absolute atomic E-state index is 12.6. The Morgan fingerprint density at radius 3 is 2.23 bits per heavy atom. The van der Waals surface area contributed by atoms with E-state index >= 15 is 0 Å². The zero-order valence-electron chi connectivity index (χ0n) is 17.4. The van der Waals surface area contributed by atoms with E-state index in [1.807, 2.05) is 0 Å². The highest BCUT2D eigenvalue weighted by atomic mass is 19.4. The number of anilines is 1. The Morgan fingerprint density at radius 1 is 1.06 bits per heavy atom. The standard InChI is InChI=1S/C22H21F3N2O4/c1-12-9-17(21(29)30-5)10-13(2)19(12)27-20(28)15(4)26-14(3)16-7-6-8-18(11-16)31-22(23,24)25/h6-11H,3H2,1-2,4-5H3,(H,27,28). The zero-order chi connectivity index (χ0) is 23.3. The van der Waals surface area contributed by atoms with Crippen molar-refractivity contribution in [2.75, 3.05) is 12.4 Å². The van der Waals surface area contributed by atoms with Crippen LogP contribution in [0.1, 0.15) is 34.0 Å². The highest BCUT2D eigenvalue weighted by Gasteiger charge is 2.31. The third-order valence-corrected chi connectivity index (χ3v) is 4.22. The highest BCUT2D eigenvalue weighted by molar-refractivity contribution is 6.43. The van der Waals surface area contributed by atoms with Gasteiger partial charge in [0, 0.05) is 11.3 Å². The van der Waals surface area contributed by atoms with Gasteiger partial charge in [-0.3, -0.25) is 4.79 Å². The predicted molar refractivity (Wildman–Crippen MR) is 111 cm³/mol. The molecule has 2 aromatic carbocycles. The number of carbonyl (C=O) groups excluding carboxylic acids is 2. The molecule has 0 spiro atoms. The van der Waals surface area contributed by atoms with Crippen molar-refractivity contribution in [1.82, 2.24) is 0 Å². The number of rotatable bonds is 6. The zero-order valence-corrected chi connectivity index (χ0v) is 17.4. The second-order valence-electron chi connectivity index (χ2n) is 6.65. The lowest BCUT2D eigenvalue weighted by atomic mass is 10.0. The van der Waals surface area contributed by atoms with Crippen molar-refractivity contribution in [1.29, 1.82) is 0 Å². The van der Waals surface area contributed by atoms with Gasteiger partial charge in [-0.05, 0) is 56.2 Å². The van der Waals surface area contributed by atoms with E-state index in [1.165, 1.54) is 26.2 Å². The van der Waals surface area contributed by atoms with Gasteiger partial charge in [-0.1, -0.05) is 18.7 Å². The molecule has 0 aliphatic rings. The molecule has 164 valence electrons. The van der Waals surface area contributed by atoms with E-state index in [2.05, 4.69) is 21.6 Å². The van der Waals surface area contributed by atoms with E-state index < -0.39 is 24.0 Å². The number of halogens is 3. The molecule has 0 unspecified atom stereocenters. The van der Waals surface area contributed by atoms with Gasteiger partial charge in [0.25, 0.3) is 5.91 Å². The second kappa shape index (κ2) is 9.46. The van der Waals surface area contributed by atoms with Gasteiger partial charge in [0.1, 0.15) is 11.5 Å². The summed E-state index contributed by atoms with van der Waals surface area (Å²) < 4.78 is 45.8. The van der Waals surface area contributed by atoms with Gasteiger partial charge in [0.05, 0.1) is 18.4 Å². The molecule has 6 nitrogen and oxygen atoms in total. The number of hydrogen-bond acceptors (Lipinski definition) is 5. The van der Waals surface area contributed by atoms with Crippen LogP contribution in [0.15, 0.2) is 48.0 Å². The molecule has 9 heteroatoms. The molecule has 1 amide bonds. The number of hydrogen-bond donors (Lipinski definition) is 1. The number of benzene rings is 2. The summed E-state index contributed by atoms with van der Waals surface area (Å²) in [7, 11) is 1.28. The van der Waals surface area contributed by atoms with Crippen molar-refractivity contribution in [3.05, 3.63) is 65.2 Å². The van der Waals surface area contributed by atoms with Crippen molar-refractivity contribution in [2.45, 2.75) is 27.1 Å². The quantitative estimate of drug-likeness (QED) is 0.509. The van der Waals surface area contributed by atoms with Crippen LogP contribution in [-0.4, -0.2) is 31.1 Å². The van der Waals surface area contributed by atoms with Gasteiger partial charge in [0.2, 0.25) is 0 Å². The van der Waals surface area contributed by atoms with E-state index in [9.17, 15) is 22.8 Å². The molecule has 31 heavy (non-hydrogen) atoms. The second-order valence-corrected chi connectivity index (χ2v) is 6.65. The van der Waals surface area contributed by atoms with Crippen LogP contribution in [0.4, 0.5) is 18.9 Å². The third-order valence-electron chi connectivity index (χ3n) is 4.22. The summed E-state index contributed by atoms with van der Waals surface area (Å²) in [5.41, 5.74) is 2.57. The normalized spacial score (nSPS) is 11.6. The Bertz CT molecular complexity index is 1040. The fraction of sp³-hybridized carbons (Fsp3) is 0.227. The first-order valence-corrected chi connectivity index (χ1v) is 9.02. The van der Waals surface area contributed by atoms with E-state index in [-0.39, 0.29) is 17.0 Å². The summed E-state index contributed by atoms with van der Waals surface area (Å²) in [6.07, 6.45) is -4.82. The van der Waals surface area contributed by atoms with Gasteiger partial charge in [0.15, 0.2) is 0 Å². The topological polar surface area (TPSA) is 77.0 Å². The van der Waals surface area contributed by atoms with Crippen LogP contribution in [-0.2, 0) is 9.53 Å². The molecule has 0 bridgehead atoms. The number of alkyl halides is 3. The van der Waals surface area contributed by atoms with Gasteiger partial charge in [-0.2, -0.15) is 0 Å². The van der Waals surface area contributed by atoms with Crippen LogP contribution in [0.3, 0.4) is 0 Å². The third kappa shape index (κ3) is 6.43. The number of methoxy groups -OCH3 is 1. The minimum absolute atomic E-state index is 0.0444. The fourth-order valence-corrected chi connectivity index (χ4v) is 2.79. The van der Waals surface area contributed by atoms with Gasteiger partial charge < -0.3 is 14.8 Å². The number of nitrogens with one attached hydrogen (secondary N) is 1. The minimum Gasteiger partial charge on any atom is -0.465 e. The molecule has 0 saturated carbocycles. The van der Waals surface area contributed by atoms with Crippen LogP contribution in [0.5, 0.6) is 5.75 Å². The Morgan fingerprint density at radius 2 is 1.68 bits per heavy atom. The number of nitrogens with zero attached hydrogens (tertiary/aromatic N) is 1. The van der Waals surface area contributed by atoms with Gasteiger partial charge >= 0.3 is 12.3 Å². The average molecular weight is 434 g/mol. The largest absolute Gasteiger partial charge is 0.573 e. The summed E-state index contributed by atoms with van der Waals surface area (Å²) in [6, 6.07) is 8.32. The van der Waals surface area contributed by atoms with E-state index in [0.29, 0.717) is 22.4 Å². The molecule has 2 rings (SSSR count). The fourth-order valence-electron chi connectivity index (χ4n) is 2.79. The Hall–Kier alpha value is -3.62. The lowest BCUT2D eigenvalue weighted by Gasteiger charge is -2.13. The van der Waals surface area contributed by atoms with Crippen molar-refractivity contribution >= 4 is 29.0 Å². The molecule has 0 atom stereocenters. The highest BCUT2D eigenvalue weighted by Crippen LogP contribution is 2.26. The Kier molecular flexibility index (Phi) is 7.22. The molecular formula is C22H21F3N2O4. The van der Waals surface area contributed by atoms with Crippen molar-refractivity contribution in [3.8, 4) is 5.75 Å². The summed E-state index contributed by atoms with van der Waals surface area (Å²) in [4.78, 5) is 28.4. The van der Waals surface area contributed by atoms with Crippen LogP contribution < -0.4 is 10.1 Å². The lowest BCUT2D eigenvalue weighted by Crippen LogP contribution is -2.21. The molecule has 0 radical (unpaired) electrons. The first kappa shape index (κ1) is 23.7. The minimum atomic E-state index is -4.82. The monoisotopic (exact) mass is 434 g/mol. The molecule has 0 saturated heterocycles. The van der Waals surface area contributed by atoms with Gasteiger partial charge in [-0.25, -0.2) is 9.79 Å². The van der Waals surface area contributed by atoms with Crippen molar-refractivity contribution in [2.24, 2.45) is 4.99 Å². The SMILES string of the molecule is C=C(N=C(C)C(=O)Nc1c(C)cc(C(=O)OC)cc1C)c1cccc(OC(F)(F)F)c1. The molecule has 0 aliphatic carbocycles. The van der Waals surface area contributed by atoms with Crippen LogP contribution >= 0.6 is 0 Å². The van der Waals surface area contributed by atoms with E-state index in [4.69, 9.17) is 4.74 Å². The van der Waals surface area contributed by atoms with Crippen molar-refractivity contribution < 1.29 is 32.2 Å². The van der Waals surface area contributed by atoms with Crippen molar-refractivity contribution in [3.63, 3.8) is 0 Å². The smallest absolute Gasteiger partial charge is 0.465 e. The number of aryl methyl sites for hydroxylation is 2.